The van der Waals surface area contributed by atoms with Crippen LogP contribution in [0.2, 0.25) is 0 Å². The van der Waals surface area contributed by atoms with Crippen molar-refractivity contribution in [1.29, 1.82) is 0 Å². The van der Waals surface area contributed by atoms with Crippen molar-refractivity contribution in [3.8, 4) is 0 Å². The molecule has 182 valence electrons. The van der Waals surface area contributed by atoms with Gasteiger partial charge in [-0.2, -0.15) is 0 Å². The number of benzene rings is 1. The lowest BCUT2D eigenvalue weighted by Gasteiger charge is -2.27. The molecule has 1 aliphatic rings. The molecule has 0 aliphatic carbocycles. The van der Waals surface area contributed by atoms with Gasteiger partial charge < -0.3 is 14.9 Å². The molecule has 2 heterocycles. The highest BCUT2D eigenvalue weighted by Gasteiger charge is 2.46. The second kappa shape index (κ2) is 12.4. The average Bonchev–Trinajstić information content (AvgIpc) is 3.11. The summed E-state index contributed by atoms with van der Waals surface area (Å²) in [5.41, 5.74) is 0.786. The molecule has 6 nitrogen and oxygen atoms in total. The largest absolute Gasteiger partial charge is 0.507 e. The molecule has 0 spiro atoms. The zero-order valence-corrected chi connectivity index (χ0v) is 20.0. The molecule has 1 amide bonds. The predicted molar refractivity (Wildman–Crippen MR) is 131 cm³/mol. The fourth-order valence-electron chi connectivity index (χ4n) is 4.28. The first-order valence-electron chi connectivity index (χ1n) is 12.2. The number of Topliss-reactive ketones (excluding diaryl/α,β-unsaturated/α-hetero) is 1. The number of halogens is 1. The van der Waals surface area contributed by atoms with Crippen LogP contribution in [0.5, 0.6) is 0 Å². The van der Waals surface area contributed by atoms with Gasteiger partial charge in [0, 0.05) is 18.3 Å². The minimum Gasteiger partial charge on any atom is -0.507 e. The SMILES string of the molecule is CCCCN(CCCC)CCCN1C(=O)C(=O)/C(=C(/O)c2ccc(F)cc2)C1c1ccccn1. The monoisotopic (exact) mass is 467 g/mol. The molecule has 1 aromatic carbocycles. The van der Waals surface area contributed by atoms with E-state index < -0.39 is 23.5 Å². The first kappa shape index (κ1) is 25.6. The van der Waals surface area contributed by atoms with E-state index in [-0.39, 0.29) is 16.9 Å². The number of rotatable bonds is 12. The molecular formula is C27H34FN3O3. The Labute approximate surface area is 201 Å². The molecule has 34 heavy (non-hydrogen) atoms. The summed E-state index contributed by atoms with van der Waals surface area (Å²) >= 11 is 0. The van der Waals surface area contributed by atoms with E-state index in [2.05, 4.69) is 23.7 Å². The molecule has 1 aliphatic heterocycles. The number of carbonyl (C=O) groups excluding carboxylic acids is 2. The maximum atomic E-state index is 13.4. The van der Waals surface area contributed by atoms with Gasteiger partial charge in [-0.1, -0.05) is 32.8 Å². The van der Waals surface area contributed by atoms with E-state index in [1.807, 2.05) is 0 Å². The number of amides is 1. The van der Waals surface area contributed by atoms with Crippen molar-refractivity contribution in [3.05, 3.63) is 71.3 Å². The third-order valence-electron chi connectivity index (χ3n) is 6.15. The first-order valence-corrected chi connectivity index (χ1v) is 12.2. The van der Waals surface area contributed by atoms with E-state index in [0.717, 1.165) is 45.3 Å². The number of ketones is 1. The third kappa shape index (κ3) is 6.08. The molecule has 1 fully saturated rings. The van der Waals surface area contributed by atoms with Gasteiger partial charge in [0.2, 0.25) is 0 Å². The fourth-order valence-corrected chi connectivity index (χ4v) is 4.28. The number of likely N-dealkylation sites (tertiary alicyclic amines) is 1. The van der Waals surface area contributed by atoms with Gasteiger partial charge in [0.1, 0.15) is 17.6 Å². The van der Waals surface area contributed by atoms with Crippen LogP contribution in [0, 0.1) is 5.82 Å². The zero-order valence-electron chi connectivity index (χ0n) is 20.0. The Bertz CT molecular complexity index is 984. The number of hydrogen-bond acceptors (Lipinski definition) is 5. The van der Waals surface area contributed by atoms with Crippen LogP contribution in [0.3, 0.4) is 0 Å². The van der Waals surface area contributed by atoms with Gasteiger partial charge in [-0.05, 0) is 75.3 Å². The topological polar surface area (TPSA) is 73.7 Å². The quantitative estimate of drug-likeness (QED) is 0.272. The Morgan fingerprint density at radius 3 is 2.24 bits per heavy atom. The van der Waals surface area contributed by atoms with E-state index in [1.165, 1.54) is 29.2 Å². The zero-order chi connectivity index (χ0) is 24.5. The summed E-state index contributed by atoms with van der Waals surface area (Å²) in [7, 11) is 0. The molecule has 0 bridgehead atoms. The van der Waals surface area contributed by atoms with Gasteiger partial charge in [-0.15, -0.1) is 0 Å². The van der Waals surface area contributed by atoms with Crippen molar-refractivity contribution in [1.82, 2.24) is 14.8 Å². The minimum atomic E-state index is -0.786. The van der Waals surface area contributed by atoms with Gasteiger partial charge in [-0.25, -0.2) is 4.39 Å². The molecule has 1 aromatic heterocycles. The summed E-state index contributed by atoms with van der Waals surface area (Å²) in [5, 5.41) is 11.0. The molecule has 0 radical (unpaired) electrons. The van der Waals surface area contributed by atoms with E-state index in [1.54, 1.807) is 24.4 Å². The Kier molecular flexibility index (Phi) is 9.33. The molecule has 0 saturated carbocycles. The lowest BCUT2D eigenvalue weighted by atomic mass is 9.98. The van der Waals surface area contributed by atoms with E-state index in [4.69, 9.17) is 0 Å². The van der Waals surface area contributed by atoms with Gasteiger partial charge in [0.15, 0.2) is 0 Å². The number of unbranched alkanes of at least 4 members (excludes halogenated alkanes) is 2. The van der Waals surface area contributed by atoms with Gasteiger partial charge in [0.25, 0.3) is 11.7 Å². The Balaban J connectivity index is 1.87. The van der Waals surface area contributed by atoms with Crippen molar-refractivity contribution in [2.45, 2.75) is 52.0 Å². The summed E-state index contributed by atoms with van der Waals surface area (Å²) in [4.78, 5) is 34.4. The van der Waals surface area contributed by atoms with E-state index in [9.17, 15) is 19.1 Å². The van der Waals surface area contributed by atoms with Crippen LogP contribution in [-0.2, 0) is 9.59 Å². The second-order valence-corrected chi connectivity index (χ2v) is 8.66. The van der Waals surface area contributed by atoms with Crippen molar-refractivity contribution in [2.75, 3.05) is 26.2 Å². The number of hydrogen-bond donors (Lipinski definition) is 1. The lowest BCUT2D eigenvalue weighted by molar-refractivity contribution is -0.140. The van der Waals surface area contributed by atoms with Crippen LogP contribution < -0.4 is 0 Å². The number of nitrogens with zero attached hydrogens (tertiary/aromatic N) is 3. The standard InChI is InChI=1S/C27H34FN3O3/c1-3-5-16-30(17-6-4-2)18-9-19-31-24(22-10-7-8-15-29-22)23(26(33)27(31)34)25(32)20-11-13-21(28)14-12-20/h7-8,10-15,24,32H,3-6,9,16-19H2,1-2H3/b25-23+. The average molecular weight is 468 g/mol. The highest BCUT2D eigenvalue weighted by Crippen LogP contribution is 2.38. The van der Waals surface area contributed by atoms with Gasteiger partial charge in [0.05, 0.1) is 11.3 Å². The molecule has 7 heteroatoms. The highest BCUT2D eigenvalue weighted by atomic mass is 19.1. The fraction of sp³-hybridized carbons (Fsp3) is 0.444. The third-order valence-corrected chi connectivity index (χ3v) is 6.15. The molecule has 1 saturated heterocycles. The number of carbonyl (C=O) groups is 2. The van der Waals surface area contributed by atoms with E-state index >= 15 is 0 Å². The summed E-state index contributed by atoms with van der Waals surface area (Å²) in [6.07, 6.45) is 6.81. The number of aromatic nitrogens is 1. The summed E-state index contributed by atoms with van der Waals surface area (Å²) in [5.74, 6) is -2.16. The van der Waals surface area contributed by atoms with Crippen molar-refractivity contribution in [3.63, 3.8) is 0 Å². The molecule has 1 atom stereocenters. The number of aliphatic hydroxyl groups excluding tert-OH is 1. The summed E-state index contributed by atoms with van der Waals surface area (Å²) < 4.78 is 13.4. The Morgan fingerprint density at radius 2 is 1.65 bits per heavy atom. The first-order chi connectivity index (χ1) is 16.5. The second-order valence-electron chi connectivity index (χ2n) is 8.66. The smallest absolute Gasteiger partial charge is 0.295 e. The van der Waals surface area contributed by atoms with Crippen LogP contribution >= 0.6 is 0 Å². The van der Waals surface area contributed by atoms with Gasteiger partial charge in [-0.3, -0.25) is 14.6 Å². The van der Waals surface area contributed by atoms with Crippen molar-refractivity contribution in [2.24, 2.45) is 0 Å². The van der Waals surface area contributed by atoms with E-state index in [0.29, 0.717) is 18.7 Å². The van der Waals surface area contributed by atoms with Crippen LogP contribution in [0.4, 0.5) is 4.39 Å². The van der Waals surface area contributed by atoms with Crippen LogP contribution in [0.1, 0.15) is 63.3 Å². The summed E-state index contributed by atoms with van der Waals surface area (Å²) in [6, 6.07) is 9.72. The number of pyridine rings is 1. The van der Waals surface area contributed by atoms with Crippen LogP contribution in [-0.4, -0.2) is 57.8 Å². The van der Waals surface area contributed by atoms with Crippen LogP contribution in [0.15, 0.2) is 54.2 Å². The minimum absolute atomic E-state index is 0.0101. The number of aliphatic hydroxyl groups is 1. The maximum Gasteiger partial charge on any atom is 0.295 e. The molecule has 1 unspecified atom stereocenters. The van der Waals surface area contributed by atoms with Crippen molar-refractivity contribution >= 4 is 17.4 Å². The normalized spacial score (nSPS) is 17.6. The maximum absolute atomic E-state index is 13.4. The molecule has 1 N–H and O–H groups in total. The van der Waals surface area contributed by atoms with Crippen LogP contribution in [0.25, 0.3) is 5.76 Å². The molecule has 3 rings (SSSR count). The van der Waals surface area contributed by atoms with Crippen molar-refractivity contribution < 1.29 is 19.1 Å². The Morgan fingerprint density at radius 1 is 1.00 bits per heavy atom. The lowest BCUT2D eigenvalue weighted by Crippen LogP contribution is -2.34. The van der Waals surface area contributed by atoms with Gasteiger partial charge >= 0.3 is 0 Å². The predicted octanol–water partition coefficient (Wildman–Crippen LogP) is 4.93. The summed E-state index contributed by atoms with van der Waals surface area (Å²) in [6.45, 7) is 7.58. The molecule has 2 aromatic rings. The highest BCUT2D eigenvalue weighted by molar-refractivity contribution is 6.46. The molecular weight excluding hydrogens is 433 g/mol. The Hall–Kier alpha value is -3.06.